The smallest absolute Gasteiger partial charge is 0.161 e. The Labute approximate surface area is 116 Å². The Hall–Kier alpha value is -1.26. The second kappa shape index (κ2) is 7.36. The summed E-state index contributed by atoms with van der Waals surface area (Å²) in [5.74, 6) is 1.47. The standard InChI is InChI=1S/C15H25NO3/c1-11(2)16(3)10-15(19-6)12-7-8-13(17-4)14(9-12)18-5/h7-9,11,15H,10H2,1-6H3. The molecule has 0 saturated heterocycles. The summed E-state index contributed by atoms with van der Waals surface area (Å²) in [7, 11) is 7.11. The minimum absolute atomic E-state index is 0.0206. The summed E-state index contributed by atoms with van der Waals surface area (Å²) < 4.78 is 16.2. The number of hydrogen-bond acceptors (Lipinski definition) is 4. The first-order valence-corrected chi connectivity index (χ1v) is 6.48. The van der Waals surface area contributed by atoms with Crippen LogP contribution in [0.1, 0.15) is 25.5 Å². The molecule has 0 aliphatic heterocycles. The summed E-state index contributed by atoms with van der Waals surface area (Å²) in [6.07, 6.45) is 0.0206. The Balaban J connectivity index is 2.92. The Morgan fingerprint density at radius 2 is 1.68 bits per heavy atom. The largest absolute Gasteiger partial charge is 0.493 e. The minimum atomic E-state index is 0.0206. The van der Waals surface area contributed by atoms with Gasteiger partial charge in [0.2, 0.25) is 0 Å². The van der Waals surface area contributed by atoms with Crippen LogP contribution in [0.4, 0.5) is 0 Å². The lowest BCUT2D eigenvalue weighted by Gasteiger charge is -2.26. The van der Waals surface area contributed by atoms with Gasteiger partial charge in [0, 0.05) is 19.7 Å². The molecule has 1 atom stereocenters. The molecule has 0 saturated carbocycles. The van der Waals surface area contributed by atoms with Crippen molar-refractivity contribution in [3.8, 4) is 11.5 Å². The first kappa shape index (κ1) is 15.8. The highest BCUT2D eigenvalue weighted by Crippen LogP contribution is 2.31. The molecule has 0 aromatic heterocycles. The van der Waals surface area contributed by atoms with E-state index in [2.05, 4.69) is 25.8 Å². The van der Waals surface area contributed by atoms with Crippen LogP contribution in [0.5, 0.6) is 11.5 Å². The van der Waals surface area contributed by atoms with Gasteiger partial charge in [0.05, 0.1) is 20.3 Å². The van der Waals surface area contributed by atoms with Gasteiger partial charge in [-0.05, 0) is 38.6 Å². The number of hydrogen-bond donors (Lipinski definition) is 0. The SMILES string of the molecule is COc1ccc(C(CN(C)C(C)C)OC)cc1OC. The average Bonchev–Trinajstić information content (AvgIpc) is 2.43. The monoisotopic (exact) mass is 267 g/mol. The molecule has 1 aromatic rings. The molecule has 0 bridgehead atoms. The van der Waals surface area contributed by atoms with Gasteiger partial charge >= 0.3 is 0 Å². The van der Waals surface area contributed by atoms with Crippen LogP contribution in [-0.4, -0.2) is 45.9 Å². The van der Waals surface area contributed by atoms with Crippen molar-refractivity contribution in [2.45, 2.75) is 26.0 Å². The summed E-state index contributed by atoms with van der Waals surface area (Å²) in [4.78, 5) is 2.25. The van der Waals surface area contributed by atoms with E-state index in [1.54, 1.807) is 21.3 Å². The number of likely N-dealkylation sites (N-methyl/N-ethyl adjacent to an activating group) is 1. The number of ether oxygens (including phenoxy) is 3. The van der Waals surface area contributed by atoms with E-state index < -0.39 is 0 Å². The lowest BCUT2D eigenvalue weighted by Crippen LogP contribution is -2.31. The zero-order chi connectivity index (χ0) is 14.4. The molecule has 1 aromatic carbocycles. The number of benzene rings is 1. The molecule has 0 radical (unpaired) electrons. The molecular weight excluding hydrogens is 242 g/mol. The van der Waals surface area contributed by atoms with Crippen LogP contribution >= 0.6 is 0 Å². The van der Waals surface area contributed by atoms with Crippen molar-refractivity contribution in [3.05, 3.63) is 23.8 Å². The van der Waals surface area contributed by atoms with Gasteiger partial charge < -0.3 is 19.1 Å². The Kier molecular flexibility index (Phi) is 6.12. The van der Waals surface area contributed by atoms with Gasteiger partial charge in [0.25, 0.3) is 0 Å². The van der Waals surface area contributed by atoms with Crippen molar-refractivity contribution < 1.29 is 14.2 Å². The van der Waals surface area contributed by atoms with Crippen LogP contribution in [0, 0.1) is 0 Å². The summed E-state index contributed by atoms with van der Waals surface area (Å²) in [5, 5.41) is 0. The highest BCUT2D eigenvalue weighted by Gasteiger charge is 2.17. The van der Waals surface area contributed by atoms with E-state index in [1.807, 2.05) is 18.2 Å². The maximum absolute atomic E-state index is 5.59. The average molecular weight is 267 g/mol. The van der Waals surface area contributed by atoms with E-state index in [9.17, 15) is 0 Å². The van der Waals surface area contributed by atoms with Crippen molar-refractivity contribution in [1.82, 2.24) is 4.90 Å². The predicted molar refractivity (Wildman–Crippen MR) is 77.1 cm³/mol. The second-order valence-electron chi connectivity index (χ2n) is 4.87. The molecule has 4 heteroatoms. The van der Waals surface area contributed by atoms with Gasteiger partial charge in [-0.2, -0.15) is 0 Å². The minimum Gasteiger partial charge on any atom is -0.493 e. The lowest BCUT2D eigenvalue weighted by atomic mass is 10.1. The first-order valence-electron chi connectivity index (χ1n) is 6.48. The molecule has 4 nitrogen and oxygen atoms in total. The topological polar surface area (TPSA) is 30.9 Å². The summed E-state index contributed by atoms with van der Waals surface area (Å²) >= 11 is 0. The molecule has 0 aliphatic carbocycles. The molecule has 0 N–H and O–H groups in total. The fourth-order valence-electron chi connectivity index (χ4n) is 1.84. The highest BCUT2D eigenvalue weighted by molar-refractivity contribution is 5.43. The van der Waals surface area contributed by atoms with Crippen LogP contribution in [0.2, 0.25) is 0 Å². The molecule has 0 aliphatic rings. The molecule has 1 rings (SSSR count). The van der Waals surface area contributed by atoms with Crippen molar-refractivity contribution in [3.63, 3.8) is 0 Å². The molecule has 0 fully saturated rings. The van der Waals surface area contributed by atoms with Crippen molar-refractivity contribution in [2.75, 3.05) is 34.9 Å². The molecule has 0 amide bonds. The quantitative estimate of drug-likeness (QED) is 0.760. The normalized spacial score (nSPS) is 12.8. The highest BCUT2D eigenvalue weighted by atomic mass is 16.5. The van der Waals surface area contributed by atoms with Crippen molar-refractivity contribution >= 4 is 0 Å². The third-order valence-corrected chi connectivity index (χ3v) is 3.40. The van der Waals surface area contributed by atoms with Crippen LogP contribution in [0.3, 0.4) is 0 Å². The van der Waals surface area contributed by atoms with Crippen LogP contribution < -0.4 is 9.47 Å². The van der Waals surface area contributed by atoms with E-state index >= 15 is 0 Å². The van der Waals surface area contributed by atoms with Crippen LogP contribution in [0.15, 0.2) is 18.2 Å². The molecular formula is C15H25NO3. The molecule has 19 heavy (non-hydrogen) atoms. The molecule has 0 spiro atoms. The fourth-order valence-corrected chi connectivity index (χ4v) is 1.84. The van der Waals surface area contributed by atoms with Crippen LogP contribution in [-0.2, 0) is 4.74 Å². The second-order valence-corrected chi connectivity index (χ2v) is 4.87. The summed E-state index contributed by atoms with van der Waals surface area (Å²) in [5.41, 5.74) is 1.09. The van der Waals surface area contributed by atoms with E-state index in [0.29, 0.717) is 6.04 Å². The zero-order valence-corrected chi connectivity index (χ0v) is 12.8. The number of nitrogens with zero attached hydrogens (tertiary/aromatic N) is 1. The first-order chi connectivity index (χ1) is 9.03. The summed E-state index contributed by atoms with van der Waals surface area (Å²) in [6.45, 7) is 5.17. The van der Waals surface area contributed by atoms with E-state index in [4.69, 9.17) is 14.2 Å². The number of rotatable bonds is 7. The van der Waals surface area contributed by atoms with Crippen molar-refractivity contribution in [2.24, 2.45) is 0 Å². The lowest BCUT2D eigenvalue weighted by molar-refractivity contribution is 0.0628. The maximum atomic E-state index is 5.59. The Bertz CT molecular complexity index is 393. The Morgan fingerprint density at radius 1 is 1.05 bits per heavy atom. The van der Waals surface area contributed by atoms with E-state index in [0.717, 1.165) is 23.6 Å². The third-order valence-electron chi connectivity index (χ3n) is 3.40. The van der Waals surface area contributed by atoms with Gasteiger partial charge in [-0.25, -0.2) is 0 Å². The van der Waals surface area contributed by atoms with Gasteiger partial charge in [0.1, 0.15) is 0 Å². The third kappa shape index (κ3) is 4.11. The molecule has 1 unspecified atom stereocenters. The fraction of sp³-hybridized carbons (Fsp3) is 0.600. The summed E-state index contributed by atoms with van der Waals surface area (Å²) in [6, 6.07) is 6.39. The number of methoxy groups -OCH3 is 3. The van der Waals surface area contributed by atoms with Gasteiger partial charge in [-0.1, -0.05) is 6.07 Å². The maximum Gasteiger partial charge on any atom is 0.161 e. The predicted octanol–water partition coefficient (Wildman–Crippen LogP) is 2.73. The van der Waals surface area contributed by atoms with Gasteiger partial charge in [-0.3, -0.25) is 0 Å². The van der Waals surface area contributed by atoms with Gasteiger partial charge in [0.15, 0.2) is 11.5 Å². The van der Waals surface area contributed by atoms with E-state index in [1.165, 1.54) is 0 Å². The van der Waals surface area contributed by atoms with Crippen LogP contribution in [0.25, 0.3) is 0 Å². The molecule has 108 valence electrons. The molecule has 0 heterocycles. The van der Waals surface area contributed by atoms with E-state index in [-0.39, 0.29) is 6.10 Å². The Morgan fingerprint density at radius 3 is 2.16 bits per heavy atom. The van der Waals surface area contributed by atoms with Gasteiger partial charge in [-0.15, -0.1) is 0 Å². The zero-order valence-electron chi connectivity index (χ0n) is 12.8. The van der Waals surface area contributed by atoms with Crippen molar-refractivity contribution in [1.29, 1.82) is 0 Å².